The molecule has 0 unspecified atom stereocenters. The van der Waals surface area contributed by atoms with E-state index in [4.69, 9.17) is 0 Å². The highest BCUT2D eigenvalue weighted by Crippen LogP contribution is 1.83. The Labute approximate surface area is 54.2 Å². The summed E-state index contributed by atoms with van der Waals surface area (Å²) in [6, 6.07) is 0. The predicted octanol–water partition coefficient (Wildman–Crippen LogP) is 0.871. The second kappa shape index (κ2) is 5.31. The summed E-state index contributed by atoms with van der Waals surface area (Å²) in [5, 5.41) is 0. The van der Waals surface area contributed by atoms with Crippen molar-refractivity contribution in [2.45, 2.75) is 6.42 Å². The first-order chi connectivity index (χ1) is 4.31. The van der Waals surface area contributed by atoms with Crippen LogP contribution in [-0.2, 0) is 14.6 Å². The van der Waals surface area contributed by atoms with E-state index < -0.39 is 5.97 Å². The maximum atomic E-state index is 10.2. The zero-order valence-electron chi connectivity index (χ0n) is 5.13. The molecule has 0 amide bonds. The van der Waals surface area contributed by atoms with Gasteiger partial charge in [-0.25, -0.2) is 4.79 Å². The molecule has 0 rings (SSSR count). The molecule has 0 aromatic heterocycles. The van der Waals surface area contributed by atoms with Gasteiger partial charge in [0.05, 0.1) is 6.61 Å². The van der Waals surface area contributed by atoms with Crippen molar-refractivity contribution < 1.29 is 14.6 Å². The molecule has 0 aliphatic rings. The SMILES string of the molecule is [CH2]CCOOC(=O)C=C. The molecule has 1 radical (unpaired) electrons. The molecule has 3 heteroatoms. The van der Waals surface area contributed by atoms with Crippen LogP contribution in [0.2, 0.25) is 0 Å². The topological polar surface area (TPSA) is 35.5 Å². The van der Waals surface area contributed by atoms with Gasteiger partial charge in [-0.3, -0.25) is 4.89 Å². The van der Waals surface area contributed by atoms with Crippen LogP contribution in [0.4, 0.5) is 0 Å². The molecule has 0 heterocycles. The van der Waals surface area contributed by atoms with E-state index in [1.807, 2.05) is 0 Å². The summed E-state index contributed by atoms with van der Waals surface area (Å²) >= 11 is 0. The van der Waals surface area contributed by atoms with E-state index in [-0.39, 0.29) is 0 Å². The van der Waals surface area contributed by atoms with Gasteiger partial charge in [0.15, 0.2) is 0 Å². The number of hydrogen-bond donors (Lipinski definition) is 0. The minimum absolute atomic E-state index is 0.319. The van der Waals surface area contributed by atoms with Crippen molar-refractivity contribution in [1.29, 1.82) is 0 Å². The molecule has 0 atom stereocenters. The molecular formula is C6H9O3. The molecule has 0 bridgehead atoms. The average Bonchev–Trinajstić information content (AvgIpc) is 1.89. The molecule has 0 aliphatic heterocycles. The summed E-state index contributed by atoms with van der Waals surface area (Å²) in [6.07, 6.45) is 1.60. The second-order valence-corrected chi connectivity index (χ2v) is 1.28. The maximum absolute atomic E-state index is 10.2. The van der Waals surface area contributed by atoms with Crippen molar-refractivity contribution in [2.75, 3.05) is 6.61 Å². The van der Waals surface area contributed by atoms with Gasteiger partial charge in [-0.15, -0.1) is 0 Å². The largest absolute Gasteiger partial charge is 0.365 e. The smallest absolute Gasteiger partial charge is 0.294 e. The first-order valence-corrected chi connectivity index (χ1v) is 2.56. The van der Waals surface area contributed by atoms with E-state index in [0.29, 0.717) is 13.0 Å². The van der Waals surface area contributed by atoms with Crippen LogP contribution in [-0.4, -0.2) is 12.6 Å². The monoisotopic (exact) mass is 129 g/mol. The van der Waals surface area contributed by atoms with Gasteiger partial charge in [-0.2, -0.15) is 4.89 Å². The third kappa shape index (κ3) is 5.03. The van der Waals surface area contributed by atoms with Gasteiger partial charge >= 0.3 is 5.97 Å². The highest BCUT2D eigenvalue weighted by Gasteiger charge is 1.92. The Morgan fingerprint density at radius 2 is 2.33 bits per heavy atom. The molecule has 0 saturated carbocycles. The normalized spacial score (nSPS) is 8.56. The zero-order chi connectivity index (χ0) is 7.11. The van der Waals surface area contributed by atoms with E-state index in [1.54, 1.807) is 0 Å². The minimum Gasteiger partial charge on any atom is -0.294 e. The summed E-state index contributed by atoms with van der Waals surface area (Å²) in [5.74, 6) is -0.580. The highest BCUT2D eigenvalue weighted by molar-refractivity contribution is 5.80. The number of rotatable bonds is 4. The van der Waals surface area contributed by atoms with Crippen LogP contribution in [0, 0.1) is 6.92 Å². The van der Waals surface area contributed by atoms with E-state index in [0.717, 1.165) is 6.08 Å². The predicted molar refractivity (Wildman–Crippen MR) is 32.2 cm³/mol. The van der Waals surface area contributed by atoms with Gasteiger partial charge in [-0.05, 0) is 6.42 Å². The van der Waals surface area contributed by atoms with Gasteiger partial charge in [0.25, 0.3) is 0 Å². The first kappa shape index (κ1) is 8.17. The van der Waals surface area contributed by atoms with Gasteiger partial charge in [0.1, 0.15) is 0 Å². The van der Waals surface area contributed by atoms with Gasteiger partial charge < -0.3 is 0 Å². The molecule has 0 aromatic carbocycles. The molecule has 0 N–H and O–H groups in total. The molecule has 0 aliphatic carbocycles. The van der Waals surface area contributed by atoms with Crippen LogP contribution in [0.5, 0.6) is 0 Å². The fourth-order valence-corrected chi connectivity index (χ4v) is 0.193. The zero-order valence-corrected chi connectivity index (χ0v) is 5.13. The second-order valence-electron chi connectivity index (χ2n) is 1.28. The van der Waals surface area contributed by atoms with Crippen molar-refractivity contribution in [3.63, 3.8) is 0 Å². The van der Waals surface area contributed by atoms with E-state index in [2.05, 4.69) is 23.3 Å². The standard InChI is InChI=1S/C6H9O3/c1-3-5-8-9-6(7)4-2/h4H,1-3,5H2. The van der Waals surface area contributed by atoms with Crippen LogP contribution < -0.4 is 0 Å². The quantitative estimate of drug-likeness (QED) is 0.244. The summed E-state index contributed by atoms with van der Waals surface area (Å²) in [6.45, 7) is 6.95. The third-order valence-corrected chi connectivity index (χ3v) is 0.535. The number of carbonyl (C=O) groups excluding carboxylic acids is 1. The lowest BCUT2D eigenvalue weighted by molar-refractivity contribution is -0.266. The lowest BCUT2D eigenvalue weighted by Crippen LogP contribution is -2.01. The summed E-state index contributed by atoms with van der Waals surface area (Å²) < 4.78 is 0. The molecular weight excluding hydrogens is 120 g/mol. The van der Waals surface area contributed by atoms with Gasteiger partial charge in [0, 0.05) is 6.08 Å². The number of carbonyl (C=O) groups is 1. The van der Waals surface area contributed by atoms with E-state index in [1.165, 1.54) is 0 Å². The van der Waals surface area contributed by atoms with Crippen molar-refractivity contribution in [3.8, 4) is 0 Å². The molecule has 0 aromatic rings. The lowest BCUT2D eigenvalue weighted by atomic mass is 10.5. The van der Waals surface area contributed by atoms with Gasteiger partial charge in [-0.1, -0.05) is 13.5 Å². The van der Waals surface area contributed by atoms with Crippen LogP contribution in [0.3, 0.4) is 0 Å². The van der Waals surface area contributed by atoms with Crippen molar-refractivity contribution in [1.82, 2.24) is 0 Å². The molecule has 3 nitrogen and oxygen atoms in total. The average molecular weight is 129 g/mol. The Morgan fingerprint density at radius 3 is 2.78 bits per heavy atom. The van der Waals surface area contributed by atoms with Crippen LogP contribution >= 0.6 is 0 Å². The Hall–Kier alpha value is -0.830. The van der Waals surface area contributed by atoms with Crippen molar-refractivity contribution >= 4 is 5.97 Å². The fraction of sp³-hybridized carbons (Fsp3) is 0.333. The van der Waals surface area contributed by atoms with Crippen LogP contribution in [0.1, 0.15) is 6.42 Å². The molecule has 0 fully saturated rings. The van der Waals surface area contributed by atoms with Crippen molar-refractivity contribution in [3.05, 3.63) is 19.6 Å². The number of hydrogen-bond acceptors (Lipinski definition) is 3. The van der Waals surface area contributed by atoms with E-state index >= 15 is 0 Å². The lowest BCUT2D eigenvalue weighted by Gasteiger charge is -1.96. The molecule has 0 saturated heterocycles. The summed E-state index contributed by atoms with van der Waals surface area (Å²) in [7, 11) is 0. The molecule has 51 valence electrons. The molecule has 9 heavy (non-hydrogen) atoms. The van der Waals surface area contributed by atoms with E-state index in [9.17, 15) is 4.79 Å². The van der Waals surface area contributed by atoms with Crippen LogP contribution in [0.15, 0.2) is 12.7 Å². The minimum atomic E-state index is -0.580. The Balaban J connectivity index is 3.07. The Kier molecular flexibility index (Phi) is 4.82. The fourth-order valence-electron chi connectivity index (χ4n) is 0.193. The maximum Gasteiger partial charge on any atom is 0.365 e. The first-order valence-electron chi connectivity index (χ1n) is 2.56. The Bertz CT molecular complexity index is 98.5. The van der Waals surface area contributed by atoms with Crippen molar-refractivity contribution in [2.24, 2.45) is 0 Å². The summed E-state index contributed by atoms with van der Waals surface area (Å²) in [4.78, 5) is 18.7. The Morgan fingerprint density at radius 1 is 1.67 bits per heavy atom. The van der Waals surface area contributed by atoms with Crippen LogP contribution in [0.25, 0.3) is 0 Å². The third-order valence-electron chi connectivity index (χ3n) is 0.535. The highest BCUT2D eigenvalue weighted by atomic mass is 17.2. The van der Waals surface area contributed by atoms with Gasteiger partial charge in [0.2, 0.25) is 0 Å². The molecule has 0 spiro atoms. The summed E-state index contributed by atoms with van der Waals surface area (Å²) in [5.41, 5.74) is 0.